The van der Waals surface area contributed by atoms with Gasteiger partial charge in [-0.05, 0) is 36.1 Å². The number of esters is 1. The third kappa shape index (κ3) is 2.54. The monoisotopic (exact) mass is 326 g/mol. The summed E-state index contributed by atoms with van der Waals surface area (Å²) in [7, 11) is 4.37. The second-order valence-corrected chi connectivity index (χ2v) is 6.25. The number of methoxy groups -OCH3 is 3. The van der Waals surface area contributed by atoms with Crippen LogP contribution < -0.4 is 0 Å². The van der Waals surface area contributed by atoms with Gasteiger partial charge < -0.3 is 14.2 Å². The number of carbonyl (C=O) groups is 1. The van der Waals surface area contributed by atoms with E-state index in [2.05, 4.69) is 0 Å². The number of ether oxygens (including phenoxy) is 3. The maximum atomic E-state index is 14.3. The number of hydrogen-bond donors (Lipinski definition) is 0. The summed E-state index contributed by atoms with van der Waals surface area (Å²) >= 11 is 0. The fourth-order valence-electron chi connectivity index (χ4n) is 4.15. The highest BCUT2D eigenvalue weighted by Crippen LogP contribution is 2.64. The van der Waals surface area contributed by atoms with Gasteiger partial charge in [0.1, 0.15) is 11.6 Å². The standard InChI is InChI=1S/C17H20F2O4/c1-21-16(20)12-8-17(22-2,23-3)13-7-10(13)15(12)11-6-9(18)4-5-14(11)19/h4-6,10,12-13,15H,7-8H2,1-3H3. The number of rotatable bonds is 4. The Kier molecular flexibility index (Phi) is 4.14. The molecule has 6 heteroatoms. The lowest BCUT2D eigenvalue weighted by Crippen LogP contribution is -2.46. The lowest BCUT2D eigenvalue weighted by molar-refractivity contribution is -0.245. The Balaban J connectivity index is 2.03. The van der Waals surface area contributed by atoms with Crippen LogP contribution in [0.1, 0.15) is 24.3 Å². The molecule has 4 atom stereocenters. The Morgan fingerprint density at radius 3 is 2.52 bits per heavy atom. The zero-order chi connectivity index (χ0) is 16.8. The third-order valence-electron chi connectivity index (χ3n) is 5.32. The van der Waals surface area contributed by atoms with Gasteiger partial charge in [0.05, 0.1) is 13.0 Å². The minimum Gasteiger partial charge on any atom is -0.469 e. The molecule has 23 heavy (non-hydrogen) atoms. The van der Waals surface area contributed by atoms with Gasteiger partial charge in [-0.2, -0.15) is 0 Å². The van der Waals surface area contributed by atoms with Crippen LogP contribution in [0.15, 0.2) is 18.2 Å². The topological polar surface area (TPSA) is 44.8 Å². The van der Waals surface area contributed by atoms with E-state index < -0.39 is 35.2 Å². The lowest BCUT2D eigenvalue weighted by atomic mass is 9.72. The van der Waals surface area contributed by atoms with Crippen molar-refractivity contribution >= 4 is 5.97 Å². The van der Waals surface area contributed by atoms with E-state index in [4.69, 9.17) is 14.2 Å². The first-order chi connectivity index (χ1) is 11.0. The minimum atomic E-state index is -0.871. The Morgan fingerprint density at radius 1 is 1.22 bits per heavy atom. The Hall–Kier alpha value is -1.53. The summed E-state index contributed by atoms with van der Waals surface area (Å²) in [4.78, 5) is 12.3. The second kappa shape index (κ2) is 5.83. The first-order valence-corrected chi connectivity index (χ1v) is 7.60. The van der Waals surface area contributed by atoms with Crippen LogP contribution in [-0.4, -0.2) is 33.1 Å². The van der Waals surface area contributed by atoms with Crippen molar-refractivity contribution in [2.75, 3.05) is 21.3 Å². The van der Waals surface area contributed by atoms with Gasteiger partial charge in [-0.15, -0.1) is 0 Å². The van der Waals surface area contributed by atoms with Crippen LogP contribution in [0.2, 0.25) is 0 Å². The molecular weight excluding hydrogens is 306 g/mol. The van der Waals surface area contributed by atoms with Gasteiger partial charge in [-0.25, -0.2) is 8.78 Å². The second-order valence-electron chi connectivity index (χ2n) is 6.25. The maximum Gasteiger partial charge on any atom is 0.309 e. The molecule has 2 saturated carbocycles. The van der Waals surface area contributed by atoms with Crippen LogP contribution in [0.4, 0.5) is 8.78 Å². The summed E-state index contributed by atoms with van der Waals surface area (Å²) < 4.78 is 43.9. The zero-order valence-corrected chi connectivity index (χ0v) is 13.3. The fourth-order valence-corrected chi connectivity index (χ4v) is 4.15. The fraction of sp³-hybridized carbons (Fsp3) is 0.588. The van der Waals surface area contributed by atoms with Crippen molar-refractivity contribution in [3.8, 4) is 0 Å². The molecule has 0 saturated heterocycles. The molecule has 4 nitrogen and oxygen atoms in total. The molecule has 4 unspecified atom stereocenters. The van der Waals surface area contributed by atoms with Crippen molar-refractivity contribution in [2.24, 2.45) is 17.8 Å². The summed E-state index contributed by atoms with van der Waals surface area (Å²) in [5.41, 5.74) is 0.230. The van der Waals surface area contributed by atoms with E-state index >= 15 is 0 Å². The SMILES string of the molecule is COC(=O)C1CC(OC)(OC)C2CC2C1c1cc(F)ccc1F. The first kappa shape index (κ1) is 16.3. The van der Waals surface area contributed by atoms with Crippen molar-refractivity contribution < 1.29 is 27.8 Å². The molecule has 2 aliphatic carbocycles. The molecule has 2 aliphatic rings. The number of halogens is 2. The predicted molar refractivity (Wildman–Crippen MR) is 77.6 cm³/mol. The predicted octanol–water partition coefficient (Wildman–Crippen LogP) is 2.87. The zero-order valence-electron chi connectivity index (χ0n) is 13.3. The van der Waals surface area contributed by atoms with Crippen molar-refractivity contribution in [1.82, 2.24) is 0 Å². The van der Waals surface area contributed by atoms with E-state index in [9.17, 15) is 13.6 Å². The van der Waals surface area contributed by atoms with Gasteiger partial charge >= 0.3 is 5.97 Å². The Bertz CT molecular complexity index is 615. The van der Waals surface area contributed by atoms with Gasteiger partial charge in [0.2, 0.25) is 0 Å². The molecule has 0 spiro atoms. The van der Waals surface area contributed by atoms with Gasteiger partial charge in [0, 0.05) is 32.5 Å². The van der Waals surface area contributed by atoms with E-state index in [1.807, 2.05) is 0 Å². The normalized spacial score (nSPS) is 31.3. The van der Waals surface area contributed by atoms with Crippen molar-refractivity contribution in [1.29, 1.82) is 0 Å². The molecule has 0 aromatic heterocycles. The third-order valence-corrected chi connectivity index (χ3v) is 5.32. The highest BCUT2D eigenvalue weighted by Gasteiger charge is 2.65. The average Bonchev–Trinajstić information content (AvgIpc) is 3.36. The molecule has 0 radical (unpaired) electrons. The summed E-state index contributed by atoms with van der Waals surface area (Å²) in [6.07, 6.45) is 1.00. The number of fused-ring (bicyclic) bond motifs is 1. The molecule has 0 bridgehead atoms. The first-order valence-electron chi connectivity index (χ1n) is 7.60. The van der Waals surface area contributed by atoms with Crippen LogP contribution in [-0.2, 0) is 19.0 Å². The lowest BCUT2D eigenvalue weighted by Gasteiger charge is -2.41. The quantitative estimate of drug-likeness (QED) is 0.630. The van der Waals surface area contributed by atoms with E-state index in [0.29, 0.717) is 0 Å². The smallest absolute Gasteiger partial charge is 0.309 e. The van der Waals surface area contributed by atoms with Crippen LogP contribution in [0.25, 0.3) is 0 Å². The summed E-state index contributed by atoms with van der Waals surface area (Å²) in [5.74, 6) is -3.35. The van der Waals surface area contributed by atoms with E-state index in [-0.39, 0.29) is 23.8 Å². The molecule has 0 heterocycles. The molecular formula is C17H20F2O4. The van der Waals surface area contributed by atoms with Crippen LogP contribution >= 0.6 is 0 Å². The summed E-state index contributed by atoms with van der Waals surface area (Å²) in [6, 6.07) is 3.36. The minimum absolute atomic E-state index is 0.00375. The Morgan fingerprint density at radius 2 is 1.91 bits per heavy atom. The molecule has 1 aromatic rings. The Labute approximate surface area is 133 Å². The van der Waals surface area contributed by atoms with Crippen molar-refractivity contribution in [3.63, 3.8) is 0 Å². The molecule has 0 amide bonds. The maximum absolute atomic E-state index is 14.3. The summed E-state index contributed by atoms with van der Waals surface area (Å²) in [5, 5.41) is 0. The summed E-state index contributed by atoms with van der Waals surface area (Å²) in [6.45, 7) is 0. The highest BCUT2D eigenvalue weighted by atomic mass is 19.1. The van der Waals surface area contributed by atoms with Crippen LogP contribution in [0.5, 0.6) is 0 Å². The highest BCUT2D eigenvalue weighted by molar-refractivity contribution is 5.74. The van der Waals surface area contributed by atoms with E-state index in [0.717, 1.165) is 18.6 Å². The molecule has 3 rings (SSSR count). The van der Waals surface area contributed by atoms with Gasteiger partial charge in [-0.1, -0.05) is 0 Å². The van der Waals surface area contributed by atoms with Crippen LogP contribution in [0.3, 0.4) is 0 Å². The van der Waals surface area contributed by atoms with Crippen molar-refractivity contribution in [2.45, 2.75) is 24.5 Å². The molecule has 0 N–H and O–H groups in total. The van der Waals surface area contributed by atoms with Gasteiger partial charge in [0.25, 0.3) is 0 Å². The van der Waals surface area contributed by atoms with Gasteiger partial charge in [-0.3, -0.25) is 4.79 Å². The van der Waals surface area contributed by atoms with E-state index in [1.54, 1.807) is 0 Å². The molecule has 0 aliphatic heterocycles. The van der Waals surface area contributed by atoms with E-state index in [1.165, 1.54) is 27.4 Å². The largest absolute Gasteiger partial charge is 0.469 e. The van der Waals surface area contributed by atoms with Crippen LogP contribution in [0, 0.1) is 29.4 Å². The van der Waals surface area contributed by atoms with Crippen molar-refractivity contribution in [3.05, 3.63) is 35.4 Å². The molecule has 1 aromatic carbocycles. The number of benzene rings is 1. The molecule has 2 fully saturated rings. The number of carbonyl (C=O) groups excluding carboxylic acids is 1. The van der Waals surface area contributed by atoms with Gasteiger partial charge in [0.15, 0.2) is 5.79 Å². The molecule has 126 valence electrons. The number of hydrogen-bond acceptors (Lipinski definition) is 4. The average molecular weight is 326 g/mol.